The number of methoxy groups -OCH3 is 2. The van der Waals surface area contributed by atoms with Gasteiger partial charge in [0.1, 0.15) is 0 Å². The van der Waals surface area contributed by atoms with Gasteiger partial charge in [-0.2, -0.15) is 0 Å². The van der Waals surface area contributed by atoms with Crippen molar-refractivity contribution in [1.29, 1.82) is 0 Å². The van der Waals surface area contributed by atoms with E-state index in [0.717, 1.165) is 30.8 Å². The van der Waals surface area contributed by atoms with Crippen molar-refractivity contribution in [3.8, 4) is 11.5 Å². The first kappa shape index (κ1) is 21.8. The van der Waals surface area contributed by atoms with Crippen LogP contribution in [-0.4, -0.2) is 44.7 Å². The predicted octanol–water partition coefficient (Wildman–Crippen LogP) is 4.51. The molecule has 2 aromatic carbocycles. The predicted molar refractivity (Wildman–Crippen MR) is 116 cm³/mol. The fraction of sp³-hybridized carbons (Fsp3) is 0.409. The zero-order chi connectivity index (χ0) is 20.8. The molecule has 5 nitrogen and oxygen atoms in total. The molecule has 0 radical (unpaired) electrons. The highest BCUT2D eigenvalue weighted by Gasteiger charge is 2.22. The summed E-state index contributed by atoms with van der Waals surface area (Å²) in [7, 11) is 3.22. The molecule has 0 aromatic heterocycles. The summed E-state index contributed by atoms with van der Waals surface area (Å²) in [6, 6.07) is 10.9. The van der Waals surface area contributed by atoms with Crippen molar-refractivity contribution in [2.75, 3.05) is 33.9 Å². The Kier molecular flexibility index (Phi) is 7.64. The number of hydrogen-bond donors (Lipinski definition) is 1. The molecule has 1 aliphatic rings. The smallest absolute Gasteiger partial charge is 0.224 e. The number of carbonyl (C=O) groups is 1. The number of likely N-dealkylation sites (tertiary alicyclic amines) is 1. The van der Waals surface area contributed by atoms with E-state index in [-0.39, 0.29) is 18.4 Å². The highest BCUT2D eigenvalue weighted by molar-refractivity contribution is 6.42. The molecule has 1 saturated heterocycles. The number of benzene rings is 2. The molecule has 0 saturated carbocycles. The first-order valence-corrected chi connectivity index (χ1v) is 10.4. The number of nitrogens with one attached hydrogen (secondary N) is 1. The largest absolute Gasteiger partial charge is 0.493 e. The van der Waals surface area contributed by atoms with Gasteiger partial charge in [0.25, 0.3) is 0 Å². The average Bonchev–Trinajstić information content (AvgIpc) is 3.23. The SMILES string of the molecule is COc1ccc(C(CN2CCCC2)NC(=O)Cc2ccc(Cl)c(Cl)c2)cc1OC. The Hall–Kier alpha value is -1.95. The van der Waals surface area contributed by atoms with Crippen molar-refractivity contribution in [1.82, 2.24) is 10.2 Å². The Balaban J connectivity index is 1.77. The highest BCUT2D eigenvalue weighted by Crippen LogP contribution is 2.31. The lowest BCUT2D eigenvalue weighted by Crippen LogP contribution is -2.37. The normalized spacial score (nSPS) is 15.2. The second-order valence-corrected chi connectivity index (χ2v) is 7.98. The standard InChI is InChI=1S/C22H26Cl2N2O3/c1-28-20-8-6-16(13-21(20)29-2)19(14-26-9-3-4-10-26)25-22(27)12-15-5-7-17(23)18(24)11-15/h5-8,11,13,19H,3-4,9-10,12,14H2,1-2H3,(H,25,27). The Morgan fingerprint density at radius 1 is 1.03 bits per heavy atom. The van der Waals surface area contributed by atoms with Gasteiger partial charge >= 0.3 is 0 Å². The summed E-state index contributed by atoms with van der Waals surface area (Å²) in [5.41, 5.74) is 1.81. The molecule has 0 bridgehead atoms. The first-order valence-electron chi connectivity index (χ1n) is 9.67. The third-order valence-electron chi connectivity index (χ3n) is 5.13. The van der Waals surface area contributed by atoms with E-state index in [9.17, 15) is 4.79 Å². The monoisotopic (exact) mass is 436 g/mol. The van der Waals surface area contributed by atoms with E-state index in [0.29, 0.717) is 21.5 Å². The van der Waals surface area contributed by atoms with Gasteiger partial charge in [0.2, 0.25) is 5.91 Å². The van der Waals surface area contributed by atoms with Crippen molar-refractivity contribution in [2.45, 2.75) is 25.3 Å². The maximum absolute atomic E-state index is 12.8. The minimum atomic E-state index is -0.150. The van der Waals surface area contributed by atoms with Gasteiger partial charge in [0.15, 0.2) is 11.5 Å². The summed E-state index contributed by atoms with van der Waals surface area (Å²) in [6.45, 7) is 2.85. The lowest BCUT2D eigenvalue weighted by atomic mass is 10.0. The lowest BCUT2D eigenvalue weighted by molar-refractivity contribution is -0.121. The van der Waals surface area contributed by atoms with E-state index in [1.807, 2.05) is 24.3 Å². The van der Waals surface area contributed by atoms with Crippen LogP contribution in [0, 0.1) is 0 Å². The molecule has 1 aliphatic heterocycles. The van der Waals surface area contributed by atoms with Crippen LogP contribution in [0.3, 0.4) is 0 Å². The summed E-state index contributed by atoms with van der Waals surface area (Å²) < 4.78 is 10.8. The number of ether oxygens (including phenoxy) is 2. The summed E-state index contributed by atoms with van der Waals surface area (Å²) >= 11 is 12.0. The minimum absolute atomic E-state index is 0.0672. The Morgan fingerprint density at radius 3 is 2.41 bits per heavy atom. The van der Waals surface area contributed by atoms with Gasteiger partial charge in [-0.3, -0.25) is 4.79 Å². The van der Waals surface area contributed by atoms with Crippen LogP contribution in [0.2, 0.25) is 10.0 Å². The van der Waals surface area contributed by atoms with Crippen LogP contribution in [0.25, 0.3) is 0 Å². The van der Waals surface area contributed by atoms with Crippen LogP contribution in [0.1, 0.15) is 30.0 Å². The summed E-state index contributed by atoms with van der Waals surface area (Å²) in [6.07, 6.45) is 2.62. The third kappa shape index (κ3) is 5.78. The maximum atomic E-state index is 12.8. The topological polar surface area (TPSA) is 50.8 Å². The molecule has 1 amide bonds. The lowest BCUT2D eigenvalue weighted by Gasteiger charge is -2.25. The molecule has 29 heavy (non-hydrogen) atoms. The second-order valence-electron chi connectivity index (χ2n) is 7.17. The molecule has 1 fully saturated rings. The van der Waals surface area contributed by atoms with Crippen molar-refractivity contribution in [3.05, 3.63) is 57.6 Å². The van der Waals surface area contributed by atoms with E-state index in [1.165, 1.54) is 12.8 Å². The van der Waals surface area contributed by atoms with Crippen LogP contribution < -0.4 is 14.8 Å². The summed E-state index contributed by atoms with van der Waals surface area (Å²) in [5.74, 6) is 1.25. The Morgan fingerprint density at radius 2 is 1.76 bits per heavy atom. The molecular formula is C22H26Cl2N2O3. The highest BCUT2D eigenvalue weighted by atomic mass is 35.5. The van der Waals surface area contributed by atoms with Gasteiger partial charge in [-0.1, -0.05) is 35.3 Å². The average molecular weight is 437 g/mol. The second kappa shape index (κ2) is 10.2. The van der Waals surface area contributed by atoms with Crippen molar-refractivity contribution >= 4 is 29.1 Å². The van der Waals surface area contributed by atoms with Crippen molar-refractivity contribution in [3.63, 3.8) is 0 Å². The maximum Gasteiger partial charge on any atom is 0.224 e. The molecular weight excluding hydrogens is 411 g/mol. The molecule has 1 heterocycles. The quantitative estimate of drug-likeness (QED) is 0.661. The molecule has 156 valence electrons. The van der Waals surface area contributed by atoms with E-state index in [2.05, 4.69) is 10.2 Å². The fourth-order valence-electron chi connectivity index (χ4n) is 3.61. The summed E-state index contributed by atoms with van der Waals surface area (Å²) in [4.78, 5) is 15.2. The number of amides is 1. The number of carbonyl (C=O) groups excluding carboxylic acids is 1. The fourth-order valence-corrected chi connectivity index (χ4v) is 3.93. The number of halogens is 2. The van der Waals surface area contributed by atoms with E-state index in [4.69, 9.17) is 32.7 Å². The minimum Gasteiger partial charge on any atom is -0.493 e. The summed E-state index contributed by atoms with van der Waals surface area (Å²) in [5, 5.41) is 4.11. The zero-order valence-electron chi connectivity index (χ0n) is 16.7. The van der Waals surface area contributed by atoms with Crippen molar-refractivity contribution in [2.24, 2.45) is 0 Å². The van der Waals surface area contributed by atoms with Gasteiger partial charge in [0, 0.05) is 6.54 Å². The van der Waals surface area contributed by atoms with E-state index < -0.39 is 0 Å². The van der Waals surface area contributed by atoms with Crippen LogP contribution in [0.15, 0.2) is 36.4 Å². The molecule has 1 atom stereocenters. The van der Waals surface area contributed by atoms with Gasteiger partial charge in [-0.25, -0.2) is 0 Å². The Bertz CT molecular complexity index is 854. The number of nitrogens with zero attached hydrogens (tertiary/aromatic N) is 1. The molecule has 1 N–H and O–H groups in total. The van der Waals surface area contributed by atoms with Gasteiger partial charge < -0.3 is 19.7 Å². The number of rotatable bonds is 8. The molecule has 7 heteroatoms. The first-order chi connectivity index (χ1) is 14.0. The number of hydrogen-bond acceptors (Lipinski definition) is 4. The molecule has 2 aromatic rings. The van der Waals surface area contributed by atoms with Crippen LogP contribution in [0.5, 0.6) is 11.5 Å². The molecule has 1 unspecified atom stereocenters. The molecule has 0 spiro atoms. The van der Waals surface area contributed by atoms with Gasteiger partial charge in [0.05, 0.1) is 36.7 Å². The third-order valence-corrected chi connectivity index (χ3v) is 5.87. The van der Waals surface area contributed by atoms with Gasteiger partial charge in [-0.05, 0) is 61.3 Å². The van der Waals surface area contributed by atoms with Crippen LogP contribution >= 0.6 is 23.2 Å². The van der Waals surface area contributed by atoms with Crippen molar-refractivity contribution < 1.29 is 14.3 Å². The van der Waals surface area contributed by atoms with E-state index >= 15 is 0 Å². The molecule has 3 rings (SSSR count). The zero-order valence-corrected chi connectivity index (χ0v) is 18.2. The molecule has 0 aliphatic carbocycles. The van der Waals surface area contributed by atoms with Crippen LogP contribution in [0.4, 0.5) is 0 Å². The van der Waals surface area contributed by atoms with Gasteiger partial charge in [-0.15, -0.1) is 0 Å². The van der Waals surface area contributed by atoms with Crippen LogP contribution in [-0.2, 0) is 11.2 Å². The van der Waals surface area contributed by atoms with E-state index in [1.54, 1.807) is 26.4 Å². The Labute approximate surface area is 181 Å².